The summed E-state index contributed by atoms with van der Waals surface area (Å²) in [5.74, 6) is 0.0707. The van der Waals surface area contributed by atoms with Crippen LogP contribution in [0.15, 0.2) is 22.6 Å². The Bertz CT molecular complexity index is 739. The number of hydrogen-bond acceptors (Lipinski definition) is 5. The molecule has 0 fully saturated rings. The van der Waals surface area contributed by atoms with Crippen molar-refractivity contribution < 1.29 is 23.5 Å². The molecule has 1 aromatic carbocycles. The van der Waals surface area contributed by atoms with E-state index in [0.717, 1.165) is 10.9 Å². The zero-order chi connectivity index (χ0) is 17.2. The van der Waals surface area contributed by atoms with E-state index in [2.05, 4.69) is 5.32 Å². The smallest absolute Gasteiger partial charge is 0.408 e. The number of esters is 1. The van der Waals surface area contributed by atoms with E-state index in [1.54, 1.807) is 32.9 Å². The molecule has 2 rings (SSSR count). The Morgan fingerprint density at radius 3 is 2.52 bits per heavy atom. The number of methoxy groups -OCH3 is 1. The van der Waals surface area contributed by atoms with E-state index in [4.69, 9.17) is 13.9 Å². The normalized spacial score (nSPS) is 11.3. The number of amides is 1. The summed E-state index contributed by atoms with van der Waals surface area (Å²) in [5.41, 5.74) is 1.17. The van der Waals surface area contributed by atoms with Crippen LogP contribution in [0.25, 0.3) is 11.0 Å². The molecule has 1 N–H and O–H groups in total. The number of hydrogen-bond donors (Lipinski definition) is 1. The number of furan rings is 1. The fraction of sp³-hybridized carbons (Fsp3) is 0.412. The van der Waals surface area contributed by atoms with Gasteiger partial charge in [-0.2, -0.15) is 0 Å². The summed E-state index contributed by atoms with van der Waals surface area (Å²) in [7, 11) is 1.32. The van der Waals surface area contributed by atoms with E-state index in [9.17, 15) is 9.59 Å². The highest BCUT2D eigenvalue weighted by molar-refractivity contribution is 6.02. The molecule has 0 aliphatic carbocycles. The van der Waals surface area contributed by atoms with Gasteiger partial charge in [0.2, 0.25) is 0 Å². The average molecular weight is 319 g/mol. The van der Waals surface area contributed by atoms with Gasteiger partial charge in [0.1, 0.15) is 22.5 Å². The summed E-state index contributed by atoms with van der Waals surface area (Å²) >= 11 is 0. The van der Waals surface area contributed by atoms with E-state index >= 15 is 0 Å². The monoisotopic (exact) mass is 319 g/mol. The van der Waals surface area contributed by atoms with Gasteiger partial charge < -0.3 is 19.2 Å². The molecule has 1 heterocycles. The lowest BCUT2D eigenvalue weighted by Gasteiger charge is -2.19. The molecule has 23 heavy (non-hydrogen) atoms. The number of benzene rings is 1. The van der Waals surface area contributed by atoms with Crippen molar-refractivity contribution in [3.05, 3.63) is 35.1 Å². The highest BCUT2D eigenvalue weighted by atomic mass is 16.6. The lowest BCUT2D eigenvalue weighted by molar-refractivity contribution is 0.0518. The van der Waals surface area contributed by atoms with Crippen LogP contribution in [-0.2, 0) is 16.0 Å². The second-order valence-electron chi connectivity index (χ2n) is 6.29. The minimum atomic E-state index is -0.562. The number of carbonyl (C=O) groups is 2. The molecule has 0 spiro atoms. The summed E-state index contributed by atoms with van der Waals surface area (Å²) in [5, 5.41) is 3.41. The Balaban J connectivity index is 2.20. The van der Waals surface area contributed by atoms with Crippen LogP contribution in [0.4, 0.5) is 4.79 Å². The maximum Gasteiger partial charge on any atom is 0.408 e. The first-order chi connectivity index (χ1) is 10.7. The Morgan fingerprint density at radius 2 is 1.91 bits per heavy atom. The maximum absolute atomic E-state index is 11.8. The van der Waals surface area contributed by atoms with E-state index < -0.39 is 17.7 Å². The summed E-state index contributed by atoms with van der Waals surface area (Å²) in [6.07, 6.45) is -0.526. The minimum Gasteiger partial charge on any atom is -0.465 e. The van der Waals surface area contributed by atoms with Gasteiger partial charge in [0, 0.05) is 5.39 Å². The van der Waals surface area contributed by atoms with E-state index in [0.29, 0.717) is 16.9 Å². The standard InChI is InChI=1S/C17H21NO5/c1-10-6-11-8-12(9-18-16(20)23-17(2,3)4)22-14(11)13(7-10)15(19)21-5/h6-8H,9H2,1-5H3,(H,18,20). The first-order valence-electron chi connectivity index (χ1n) is 7.28. The van der Waals surface area contributed by atoms with Gasteiger partial charge in [-0.3, -0.25) is 0 Å². The van der Waals surface area contributed by atoms with Crippen LogP contribution in [0.1, 0.15) is 42.5 Å². The molecule has 1 aromatic heterocycles. The lowest BCUT2D eigenvalue weighted by Crippen LogP contribution is -2.32. The first kappa shape index (κ1) is 16.9. The number of fused-ring (bicyclic) bond motifs is 1. The van der Waals surface area contributed by atoms with Crippen molar-refractivity contribution >= 4 is 23.0 Å². The molecule has 0 atom stereocenters. The fourth-order valence-corrected chi connectivity index (χ4v) is 2.18. The maximum atomic E-state index is 11.8. The predicted octanol–water partition coefficient (Wildman–Crippen LogP) is 3.55. The van der Waals surface area contributed by atoms with E-state index in [1.807, 2.05) is 13.0 Å². The number of nitrogens with one attached hydrogen (secondary N) is 1. The first-order valence-corrected chi connectivity index (χ1v) is 7.28. The van der Waals surface area contributed by atoms with Gasteiger partial charge in [-0.1, -0.05) is 0 Å². The van der Waals surface area contributed by atoms with Gasteiger partial charge in [-0.05, 0) is 51.5 Å². The molecule has 0 aliphatic heterocycles. The van der Waals surface area contributed by atoms with Crippen molar-refractivity contribution in [1.82, 2.24) is 5.32 Å². The number of aryl methyl sites for hydroxylation is 1. The zero-order valence-electron chi connectivity index (χ0n) is 14.0. The van der Waals surface area contributed by atoms with Gasteiger partial charge in [0.15, 0.2) is 0 Å². The van der Waals surface area contributed by atoms with Crippen molar-refractivity contribution in [3.63, 3.8) is 0 Å². The second-order valence-corrected chi connectivity index (χ2v) is 6.29. The molecule has 124 valence electrons. The second kappa shape index (κ2) is 6.32. The van der Waals surface area contributed by atoms with Crippen molar-refractivity contribution in [2.45, 2.75) is 39.8 Å². The summed E-state index contributed by atoms with van der Waals surface area (Å²) < 4.78 is 15.6. The van der Waals surface area contributed by atoms with Crippen LogP contribution < -0.4 is 5.32 Å². The van der Waals surface area contributed by atoms with Crippen LogP contribution in [0.2, 0.25) is 0 Å². The van der Waals surface area contributed by atoms with Gasteiger partial charge in [-0.25, -0.2) is 9.59 Å². The van der Waals surface area contributed by atoms with Gasteiger partial charge in [-0.15, -0.1) is 0 Å². The third kappa shape index (κ3) is 4.25. The van der Waals surface area contributed by atoms with Gasteiger partial charge >= 0.3 is 12.1 Å². The molecule has 1 amide bonds. The summed E-state index contributed by atoms with van der Waals surface area (Å²) in [4.78, 5) is 23.5. The molecule has 0 radical (unpaired) electrons. The van der Waals surface area contributed by atoms with Crippen LogP contribution in [-0.4, -0.2) is 24.8 Å². The van der Waals surface area contributed by atoms with Crippen LogP contribution in [0, 0.1) is 6.92 Å². The van der Waals surface area contributed by atoms with Crippen molar-refractivity contribution in [1.29, 1.82) is 0 Å². The fourth-order valence-electron chi connectivity index (χ4n) is 2.18. The molecule has 6 heteroatoms. The summed E-state index contributed by atoms with van der Waals surface area (Å²) in [6, 6.07) is 5.40. The van der Waals surface area contributed by atoms with E-state index in [-0.39, 0.29) is 6.54 Å². The Kier molecular flexibility index (Phi) is 4.63. The number of rotatable bonds is 3. The lowest BCUT2D eigenvalue weighted by atomic mass is 10.1. The topological polar surface area (TPSA) is 77.8 Å². The molecule has 6 nitrogen and oxygen atoms in total. The minimum absolute atomic E-state index is 0.170. The zero-order valence-corrected chi connectivity index (χ0v) is 14.0. The Morgan fingerprint density at radius 1 is 1.22 bits per heavy atom. The summed E-state index contributed by atoms with van der Waals surface area (Å²) in [6.45, 7) is 7.43. The Hall–Kier alpha value is -2.50. The quantitative estimate of drug-likeness (QED) is 0.875. The van der Waals surface area contributed by atoms with Crippen LogP contribution >= 0.6 is 0 Å². The van der Waals surface area contributed by atoms with E-state index in [1.165, 1.54) is 7.11 Å². The highest BCUT2D eigenvalue weighted by Gasteiger charge is 2.18. The molecule has 0 bridgehead atoms. The molecular formula is C17H21NO5. The molecule has 2 aromatic rings. The van der Waals surface area contributed by atoms with Crippen molar-refractivity contribution in [3.8, 4) is 0 Å². The van der Waals surface area contributed by atoms with Gasteiger partial charge in [0.05, 0.1) is 13.7 Å². The molecule has 0 saturated heterocycles. The third-order valence-electron chi connectivity index (χ3n) is 3.02. The SMILES string of the molecule is COC(=O)c1cc(C)cc2cc(CNC(=O)OC(C)(C)C)oc12. The molecule has 0 saturated carbocycles. The Labute approximate surface area is 134 Å². The van der Waals surface area contributed by atoms with Crippen LogP contribution in [0.5, 0.6) is 0 Å². The molecule has 0 unspecified atom stereocenters. The van der Waals surface area contributed by atoms with Gasteiger partial charge in [0.25, 0.3) is 0 Å². The number of carbonyl (C=O) groups excluding carboxylic acids is 2. The largest absolute Gasteiger partial charge is 0.465 e. The molecule has 0 aliphatic rings. The number of alkyl carbamates (subject to hydrolysis) is 1. The van der Waals surface area contributed by atoms with Crippen LogP contribution in [0.3, 0.4) is 0 Å². The predicted molar refractivity (Wildman–Crippen MR) is 85.4 cm³/mol. The molecular weight excluding hydrogens is 298 g/mol. The highest BCUT2D eigenvalue weighted by Crippen LogP contribution is 2.25. The average Bonchev–Trinajstić information content (AvgIpc) is 2.84. The van der Waals surface area contributed by atoms with Crippen molar-refractivity contribution in [2.24, 2.45) is 0 Å². The third-order valence-corrected chi connectivity index (χ3v) is 3.02. The number of ether oxygens (including phenoxy) is 2. The van der Waals surface area contributed by atoms with Crippen molar-refractivity contribution in [2.75, 3.05) is 7.11 Å².